The number of aliphatic hydroxyl groups is 1. The lowest BCUT2D eigenvalue weighted by atomic mass is 10.1. The zero-order chi connectivity index (χ0) is 12.4. The van der Waals surface area contributed by atoms with Crippen LogP contribution < -0.4 is 11.0 Å². The van der Waals surface area contributed by atoms with E-state index in [1.54, 1.807) is 19.3 Å². The Bertz CT molecular complexity index is 446. The lowest BCUT2D eigenvalue weighted by Gasteiger charge is -2.14. The number of rotatable bonds is 3. The molecule has 0 aromatic carbocycles. The molecule has 2 rings (SSSR count). The van der Waals surface area contributed by atoms with Crippen LogP contribution in [0.5, 0.6) is 0 Å². The molecule has 17 heavy (non-hydrogen) atoms. The molecule has 0 aliphatic carbocycles. The fourth-order valence-electron chi connectivity index (χ4n) is 2.02. The van der Waals surface area contributed by atoms with E-state index in [1.807, 2.05) is 6.92 Å². The molecule has 0 unspecified atom stereocenters. The maximum absolute atomic E-state index is 11.7. The number of nitrogens with zero attached hydrogens (tertiary/aromatic N) is 2. The first kappa shape index (κ1) is 12.1. The van der Waals surface area contributed by atoms with Crippen molar-refractivity contribution in [1.29, 1.82) is 0 Å². The Morgan fingerprint density at radius 1 is 1.71 bits per heavy atom. The molecule has 0 radical (unpaired) electrons. The number of anilines is 1. The highest BCUT2D eigenvalue weighted by molar-refractivity contribution is 5.30. The Morgan fingerprint density at radius 3 is 3.00 bits per heavy atom. The topological polar surface area (TPSA) is 76.4 Å². The van der Waals surface area contributed by atoms with E-state index in [0.717, 1.165) is 6.42 Å². The minimum Gasteiger partial charge on any atom is -0.390 e. The van der Waals surface area contributed by atoms with E-state index in [4.69, 9.17) is 4.74 Å². The minimum absolute atomic E-state index is 0.198. The SMILES string of the molecule is CC[C@H]1O[C@@H](n2ccc(NC)nc2=O)C[C@H]1O. The number of ether oxygens (including phenoxy) is 1. The van der Waals surface area contributed by atoms with E-state index < -0.39 is 12.3 Å². The average Bonchev–Trinajstić information content (AvgIpc) is 2.70. The van der Waals surface area contributed by atoms with Gasteiger partial charge in [-0.2, -0.15) is 4.98 Å². The highest BCUT2D eigenvalue weighted by Gasteiger charge is 2.34. The molecule has 1 fully saturated rings. The van der Waals surface area contributed by atoms with Crippen LogP contribution in [0.2, 0.25) is 0 Å². The van der Waals surface area contributed by atoms with Crippen molar-refractivity contribution in [2.75, 3.05) is 12.4 Å². The van der Waals surface area contributed by atoms with Crippen LogP contribution in [0.1, 0.15) is 26.0 Å². The number of nitrogens with one attached hydrogen (secondary N) is 1. The summed E-state index contributed by atoms with van der Waals surface area (Å²) in [6.07, 6.45) is 1.67. The first-order valence-corrected chi connectivity index (χ1v) is 5.76. The zero-order valence-electron chi connectivity index (χ0n) is 9.96. The number of hydrogen-bond acceptors (Lipinski definition) is 5. The summed E-state index contributed by atoms with van der Waals surface area (Å²) in [5.74, 6) is 0.525. The fourth-order valence-corrected chi connectivity index (χ4v) is 2.02. The average molecular weight is 239 g/mol. The quantitative estimate of drug-likeness (QED) is 0.795. The van der Waals surface area contributed by atoms with Gasteiger partial charge in [0, 0.05) is 19.7 Å². The van der Waals surface area contributed by atoms with Gasteiger partial charge in [-0.25, -0.2) is 4.79 Å². The van der Waals surface area contributed by atoms with Crippen LogP contribution in [0.15, 0.2) is 17.1 Å². The van der Waals surface area contributed by atoms with Gasteiger partial charge in [0.05, 0.1) is 12.2 Å². The lowest BCUT2D eigenvalue weighted by Crippen LogP contribution is -2.27. The largest absolute Gasteiger partial charge is 0.390 e. The van der Waals surface area contributed by atoms with E-state index in [-0.39, 0.29) is 11.8 Å². The van der Waals surface area contributed by atoms with E-state index >= 15 is 0 Å². The molecule has 94 valence electrons. The standard InChI is InChI=1S/C11H17N3O3/c1-3-8-7(15)6-10(17-8)14-5-4-9(12-2)13-11(14)16/h4-5,7-8,10,15H,3,6H2,1-2H3,(H,12,13,16)/t7-,8-,10-/m1/s1. The van der Waals surface area contributed by atoms with E-state index in [1.165, 1.54) is 4.57 Å². The van der Waals surface area contributed by atoms with Crippen molar-refractivity contribution in [3.8, 4) is 0 Å². The lowest BCUT2D eigenvalue weighted by molar-refractivity contribution is -0.0216. The predicted molar refractivity (Wildman–Crippen MR) is 62.9 cm³/mol. The second-order valence-corrected chi connectivity index (χ2v) is 4.09. The summed E-state index contributed by atoms with van der Waals surface area (Å²) in [6.45, 7) is 1.95. The Labute approximate surface area is 99.2 Å². The molecule has 3 atom stereocenters. The van der Waals surface area contributed by atoms with E-state index in [2.05, 4.69) is 10.3 Å². The van der Waals surface area contributed by atoms with Gasteiger partial charge in [0.1, 0.15) is 12.0 Å². The molecule has 0 bridgehead atoms. The summed E-state index contributed by atoms with van der Waals surface area (Å²) in [5.41, 5.74) is -0.370. The van der Waals surface area contributed by atoms with Crippen LogP contribution in [0.3, 0.4) is 0 Å². The van der Waals surface area contributed by atoms with Gasteiger partial charge >= 0.3 is 5.69 Å². The predicted octanol–water partition coefficient (Wildman–Crippen LogP) is 0.343. The van der Waals surface area contributed by atoms with Gasteiger partial charge in [0.15, 0.2) is 0 Å². The third kappa shape index (κ3) is 2.32. The highest BCUT2D eigenvalue weighted by Crippen LogP contribution is 2.29. The van der Waals surface area contributed by atoms with Crippen molar-refractivity contribution >= 4 is 5.82 Å². The van der Waals surface area contributed by atoms with Crippen molar-refractivity contribution < 1.29 is 9.84 Å². The zero-order valence-corrected chi connectivity index (χ0v) is 9.96. The molecule has 0 spiro atoms. The Hall–Kier alpha value is -1.40. The van der Waals surface area contributed by atoms with Crippen LogP contribution in [-0.2, 0) is 4.74 Å². The monoisotopic (exact) mass is 239 g/mol. The normalized spacial score (nSPS) is 28.3. The molecule has 0 amide bonds. The second-order valence-electron chi connectivity index (χ2n) is 4.09. The maximum atomic E-state index is 11.7. The molecule has 6 heteroatoms. The molecule has 1 aliphatic heterocycles. The van der Waals surface area contributed by atoms with Crippen LogP contribution in [0.25, 0.3) is 0 Å². The summed E-state index contributed by atoms with van der Waals surface area (Å²) >= 11 is 0. The van der Waals surface area contributed by atoms with Gasteiger partial charge < -0.3 is 15.2 Å². The second kappa shape index (κ2) is 4.85. The first-order chi connectivity index (χ1) is 8.15. The highest BCUT2D eigenvalue weighted by atomic mass is 16.5. The molecular weight excluding hydrogens is 222 g/mol. The summed E-state index contributed by atoms with van der Waals surface area (Å²) < 4.78 is 7.03. The minimum atomic E-state index is -0.513. The van der Waals surface area contributed by atoms with Gasteiger partial charge in [0.25, 0.3) is 0 Å². The van der Waals surface area contributed by atoms with Crippen molar-refractivity contribution in [1.82, 2.24) is 9.55 Å². The first-order valence-electron chi connectivity index (χ1n) is 5.76. The fraction of sp³-hybridized carbons (Fsp3) is 0.636. The molecule has 6 nitrogen and oxygen atoms in total. The van der Waals surface area contributed by atoms with E-state index in [0.29, 0.717) is 12.2 Å². The third-order valence-corrected chi connectivity index (χ3v) is 3.00. The van der Waals surface area contributed by atoms with Gasteiger partial charge in [-0.3, -0.25) is 4.57 Å². The maximum Gasteiger partial charge on any atom is 0.351 e. The Kier molecular flexibility index (Phi) is 3.44. The molecule has 2 heterocycles. The van der Waals surface area contributed by atoms with Crippen LogP contribution in [0, 0.1) is 0 Å². The van der Waals surface area contributed by atoms with Crippen molar-refractivity contribution in [3.05, 3.63) is 22.7 Å². The van der Waals surface area contributed by atoms with Gasteiger partial charge in [-0.1, -0.05) is 6.92 Å². The smallest absolute Gasteiger partial charge is 0.351 e. The third-order valence-electron chi connectivity index (χ3n) is 3.00. The van der Waals surface area contributed by atoms with Crippen LogP contribution >= 0.6 is 0 Å². The van der Waals surface area contributed by atoms with Crippen molar-refractivity contribution in [3.63, 3.8) is 0 Å². The summed E-state index contributed by atoms with van der Waals surface area (Å²) in [4.78, 5) is 15.6. The Morgan fingerprint density at radius 2 is 2.47 bits per heavy atom. The van der Waals surface area contributed by atoms with Crippen LogP contribution in [0.4, 0.5) is 5.82 Å². The molecule has 1 aromatic heterocycles. The Balaban J connectivity index is 2.22. The molecule has 1 saturated heterocycles. The van der Waals surface area contributed by atoms with Gasteiger partial charge in [0.2, 0.25) is 0 Å². The van der Waals surface area contributed by atoms with E-state index in [9.17, 15) is 9.90 Å². The molecule has 0 saturated carbocycles. The number of aliphatic hydroxyl groups excluding tert-OH is 1. The number of aromatic nitrogens is 2. The molecule has 1 aliphatic rings. The summed E-state index contributed by atoms with van der Waals surface area (Å²) in [6, 6.07) is 1.70. The molecule has 1 aromatic rings. The van der Waals surface area contributed by atoms with Crippen molar-refractivity contribution in [2.24, 2.45) is 0 Å². The molecular formula is C11H17N3O3. The number of hydrogen-bond donors (Lipinski definition) is 2. The van der Waals surface area contributed by atoms with Crippen molar-refractivity contribution in [2.45, 2.75) is 38.2 Å². The van der Waals surface area contributed by atoms with Gasteiger partial charge in [-0.15, -0.1) is 0 Å². The molecule has 2 N–H and O–H groups in total. The summed E-state index contributed by atoms with van der Waals surface area (Å²) in [5, 5.41) is 12.5. The summed E-state index contributed by atoms with van der Waals surface area (Å²) in [7, 11) is 1.70. The van der Waals surface area contributed by atoms with Crippen LogP contribution in [-0.4, -0.2) is 33.9 Å². The van der Waals surface area contributed by atoms with Gasteiger partial charge in [-0.05, 0) is 12.5 Å².